The maximum atomic E-state index is 11.9. The van der Waals surface area contributed by atoms with E-state index >= 15 is 0 Å². The highest BCUT2D eigenvalue weighted by Crippen LogP contribution is 2.16. The van der Waals surface area contributed by atoms with Crippen molar-refractivity contribution in [2.24, 2.45) is 0 Å². The van der Waals surface area contributed by atoms with Crippen LogP contribution in [0.5, 0.6) is 5.75 Å². The van der Waals surface area contributed by atoms with E-state index in [0.29, 0.717) is 22.8 Å². The van der Waals surface area contributed by atoms with E-state index in [4.69, 9.17) is 19.3 Å². The largest absolute Gasteiger partial charge is 0.479 e. The molecule has 0 spiro atoms. The van der Waals surface area contributed by atoms with Crippen molar-refractivity contribution in [1.29, 1.82) is 5.26 Å². The number of hydrogen-bond acceptors (Lipinski definition) is 6. The Morgan fingerprint density at radius 2 is 2.05 bits per heavy atom. The summed E-state index contributed by atoms with van der Waals surface area (Å²) < 4.78 is 15.7. The summed E-state index contributed by atoms with van der Waals surface area (Å²) >= 11 is 0. The summed E-state index contributed by atoms with van der Waals surface area (Å²) in [6.07, 6.45) is -0.756. The van der Waals surface area contributed by atoms with Crippen LogP contribution < -0.4 is 4.74 Å². The molecule has 1 aromatic heterocycles. The lowest BCUT2D eigenvalue weighted by molar-refractivity contribution is -0.152. The van der Waals surface area contributed by atoms with Gasteiger partial charge in [-0.2, -0.15) is 5.26 Å². The first-order chi connectivity index (χ1) is 10.5. The Kier molecular flexibility index (Phi) is 4.79. The average molecular weight is 300 g/mol. The van der Waals surface area contributed by atoms with Crippen molar-refractivity contribution in [1.82, 2.24) is 5.16 Å². The number of hydrogen-bond donors (Lipinski definition) is 0. The molecule has 1 atom stereocenters. The number of rotatable bonds is 5. The first-order valence-electron chi connectivity index (χ1n) is 6.76. The Bertz CT molecular complexity index is 678. The number of aryl methyl sites for hydroxylation is 2. The zero-order chi connectivity index (χ0) is 16.1. The fourth-order valence-electron chi connectivity index (χ4n) is 1.83. The number of esters is 1. The fraction of sp³-hybridized carbons (Fsp3) is 0.312. The molecule has 0 radical (unpaired) electrons. The highest BCUT2D eigenvalue weighted by Gasteiger charge is 2.18. The third-order valence-electron chi connectivity index (χ3n) is 3.17. The summed E-state index contributed by atoms with van der Waals surface area (Å²) in [5.41, 5.74) is 1.99. The summed E-state index contributed by atoms with van der Waals surface area (Å²) in [4.78, 5) is 11.9. The molecule has 0 N–H and O–H groups in total. The normalized spacial score (nSPS) is 11.5. The second-order valence-corrected chi connectivity index (χ2v) is 4.81. The van der Waals surface area contributed by atoms with Crippen LogP contribution in [0.4, 0.5) is 0 Å². The van der Waals surface area contributed by atoms with Crippen molar-refractivity contribution in [2.75, 3.05) is 0 Å². The number of carbonyl (C=O) groups is 1. The van der Waals surface area contributed by atoms with Crippen molar-refractivity contribution >= 4 is 5.97 Å². The summed E-state index contributed by atoms with van der Waals surface area (Å²) in [6, 6.07) is 8.53. The van der Waals surface area contributed by atoms with Gasteiger partial charge >= 0.3 is 5.97 Å². The minimum absolute atomic E-state index is 0.0983. The van der Waals surface area contributed by atoms with Crippen molar-refractivity contribution < 1.29 is 18.8 Å². The molecule has 2 rings (SSSR count). The molecule has 0 aliphatic heterocycles. The molecule has 1 aromatic carbocycles. The van der Waals surface area contributed by atoms with Gasteiger partial charge in [-0.05, 0) is 45.0 Å². The van der Waals surface area contributed by atoms with Crippen LogP contribution >= 0.6 is 0 Å². The first-order valence-corrected chi connectivity index (χ1v) is 6.76. The van der Waals surface area contributed by atoms with E-state index in [-0.39, 0.29) is 6.61 Å². The number of aromatic nitrogens is 1. The molecule has 0 bridgehead atoms. The predicted molar refractivity (Wildman–Crippen MR) is 77.0 cm³/mol. The lowest BCUT2D eigenvalue weighted by atomic mass is 10.2. The molecule has 22 heavy (non-hydrogen) atoms. The van der Waals surface area contributed by atoms with Crippen LogP contribution in [0.1, 0.15) is 29.5 Å². The zero-order valence-electron chi connectivity index (χ0n) is 12.6. The van der Waals surface area contributed by atoms with Crippen LogP contribution in [-0.4, -0.2) is 17.2 Å². The minimum Gasteiger partial charge on any atom is -0.479 e. The molecule has 0 saturated heterocycles. The van der Waals surface area contributed by atoms with Crippen LogP contribution in [-0.2, 0) is 16.1 Å². The smallest absolute Gasteiger partial charge is 0.347 e. The number of benzene rings is 1. The minimum atomic E-state index is -0.756. The van der Waals surface area contributed by atoms with Crippen LogP contribution in [0.15, 0.2) is 28.8 Å². The lowest BCUT2D eigenvalue weighted by Crippen LogP contribution is -2.26. The van der Waals surface area contributed by atoms with Gasteiger partial charge < -0.3 is 14.0 Å². The maximum Gasteiger partial charge on any atom is 0.347 e. The Morgan fingerprint density at radius 3 is 2.59 bits per heavy atom. The molecule has 0 aliphatic rings. The van der Waals surface area contributed by atoms with E-state index in [1.165, 1.54) is 0 Å². The van der Waals surface area contributed by atoms with E-state index in [0.717, 1.165) is 5.56 Å². The molecule has 1 unspecified atom stereocenters. The molecule has 1 heterocycles. The standard InChI is InChI=1S/C16H16N2O4/c1-10-15(11(2)22-18-10)9-20-16(19)12(3)21-14-6-4-13(8-17)5-7-14/h4-7,12H,9H2,1-3H3. The monoisotopic (exact) mass is 300 g/mol. The lowest BCUT2D eigenvalue weighted by Gasteiger charge is -2.14. The second-order valence-electron chi connectivity index (χ2n) is 4.81. The molecule has 0 amide bonds. The Balaban J connectivity index is 1.90. The zero-order valence-corrected chi connectivity index (χ0v) is 12.6. The molecule has 0 saturated carbocycles. The first kappa shape index (κ1) is 15.6. The molecule has 0 fully saturated rings. The molecule has 114 valence electrons. The summed E-state index contributed by atoms with van der Waals surface area (Å²) in [7, 11) is 0. The molecule has 0 aliphatic carbocycles. The fourth-order valence-corrected chi connectivity index (χ4v) is 1.83. The molecule has 6 heteroatoms. The van der Waals surface area contributed by atoms with Crippen LogP contribution in [0.25, 0.3) is 0 Å². The van der Waals surface area contributed by atoms with Crippen LogP contribution in [0.3, 0.4) is 0 Å². The van der Waals surface area contributed by atoms with Crippen LogP contribution in [0, 0.1) is 25.2 Å². The summed E-state index contributed by atoms with van der Waals surface area (Å²) in [6.45, 7) is 5.26. The highest BCUT2D eigenvalue weighted by molar-refractivity contribution is 5.74. The predicted octanol–water partition coefficient (Wildman–Crippen LogP) is 2.67. The van der Waals surface area contributed by atoms with E-state index in [1.54, 1.807) is 45.0 Å². The average Bonchev–Trinajstić information content (AvgIpc) is 2.84. The van der Waals surface area contributed by atoms with Gasteiger partial charge in [0.1, 0.15) is 18.1 Å². The number of nitriles is 1. The third-order valence-corrected chi connectivity index (χ3v) is 3.17. The highest BCUT2D eigenvalue weighted by atomic mass is 16.6. The molecular weight excluding hydrogens is 284 g/mol. The van der Waals surface area contributed by atoms with Gasteiger partial charge in [0, 0.05) is 0 Å². The van der Waals surface area contributed by atoms with Gasteiger partial charge in [-0.1, -0.05) is 5.16 Å². The summed E-state index contributed by atoms with van der Waals surface area (Å²) in [5, 5.41) is 12.5. The molecule has 2 aromatic rings. The van der Waals surface area contributed by atoms with E-state index in [2.05, 4.69) is 5.16 Å². The molecule has 6 nitrogen and oxygen atoms in total. The van der Waals surface area contributed by atoms with Gasteiger partial charge in [0.05, 0.1) is 22.9 Å². The maximum absolute atomic E-state index is 11.9. The quantitative estimate of drug-likeness (QED) is 0.789. The van der Waals surface area contributed by atoms with Crippen molar-refractivity contribution in [2.45, 2.75) is 33.5 Å². The SMILES string of the molecule is Cc1noc(C)c1COC(=O)C(C)Oc1ccc(C#N)cc1. The Morgan fingerprint density at radius 1 is 1.36 bits per heavy atom. The van der Waals surface area contributed by atoms with Gasteiger partial charge in [0.25, 0.3) is 0 Å². The molecular formula is C16H16N2O4. The number of nitrogens with zero attached hydrogens (tertiary/aromatic N) is 2. The van der Waals surface area contributed by atoms with Crippen LogP contribution in [0.2, 0.25) is 0 Å². The Hall–Kier alpha value is -2.81. The van der Waals surface area contributed by atoms with Crippen molar-refractivity contribution in [3.8, 4) is 11.8 Å². The Labute approximate surface area is 128 Å². The van der Waals surface area contributed by atoms with Crippen molar-refractivity contribution in [3.05, 3.63) is 46.8 Å². The summed E-state index contributed by atoms with van der Waals surface area (Å²) in [5.74, 6) is 0.649. The van der Waals surface area contributed by atoms with E-state index in [1.807, 2.05) is 6.07 Å². The van der Waals surface area contributed by atoms with Crippen molar-refractivity contribution in [3.63, 3.8) is 0 Å². The second kappa shape index (κ2) is 6.76. The van der Waals surface area contributed by atoms with E-state index < -0.39 is 12.1 Å². The topological polar surface area (TPSA) is 85.3 Å². The number of carbonyl (C=O) groups excluding carboxylic acids is 1. The van der Waals surface area contributed by atoms with Gasteiger partial charge in [-0.15, -0.1) is 0 Å². The van der Waals surface area contributed by atoms with Gasteiger partial charge in [0.2, 0.25) is 0 Å². The van der Waals surface area contributed by atoms with Gasteiger partial charge in [0.15, 0.2) is 6.10 Å². The van der Waals surface area contributed by atoms with Gasteiger partial charge in [-0.3, -0.25) is 0 Å². The number of ether oxygens (including phenoxy) is 2. The van der Waals surface area contributed by atoms with Gasteiger partial charge in [-0.25, -0.2) is 4.79 Å². The van der Waals surface area contributed by atoms with E-state index in [9.17, 15) is 4.79 Å². The third kappa shape index (κ3) is 3.64.